The van der Waals surface area contributed by atoms with E-state index in [4.69, 9.17) is 0 Å². The van der Waals surface area contributed by atoms with E-state index in [1.54, 1.807) is 37.4 Å². The summed E-state index contributed by atoms with van der Waals surface area (Å²) in [5.74, 6) is 0.422. The number of aryl methyl sites for hydroxylation is 1. The van der Waals surface area contributed by atoms with Gasteiger partial charge in [-0.15, -0.1) is 0 Å². The topological polar surface area (TPSA) is 119 Å². The van der Waals surface area contributed by atoms with Crippen LogP contribution in [0.4, 0.5) is 11.4 Å². The van der Waals surface area contributed by atoms with E-state index in [1.165, 1.54) is 16.7 Å². The summed E-state index contributed by atoms with van der Waals surface area (Å²) < 4.78 is 1.48. The molecule has 0 aliphatic heterocycles. The van der Waals surface area contributed by atoms with Gasteiger partial charge in [0.1, 0.15) is 5.82 Å². The van der Waals surface area contributed by atoms with Crippen LogP contribution in [0.5, 0.6) is 0 Å². The molecule has 9 nitrogen and oxygen atoms in total. The van der Waals surface area contributed by atoms with Crippen LogP contribution < -0.4 is 16.2 Å². The number of fused-ring (bicyclic) bond motifs is 1. The number of nitrogens with one attached hydrogen (secondary N) is 2. The first-order valence-electron chi connectivity index (χ1n) is 9.15. The van der Waals surface area contributed by atoms with Gasteiger partial charge in [0.2, 0.25) is 5.91 Å². The first-order chi connectivity index (χ1) is 14.0. The van der Waals surface area contributed by atoms with Crippen molar-refractivity contribution in [3.8, 4) is 0 Å². The van der Waals surface area contributed by atoms with E-state index < -0.39 is 4.92 Å². The zero-order valence-electron chi connectivity index (χ0n) is 15.9. The van der Waals surface area contributed by atoms with E-state index in [-0.39, 0.29) is 23.6 Å². The maximum absolute atomic E-state index is 12.4. The van der Waals surface area contributed by atoms with Gasteiger partial charge in [-0.3, -0.25) is 24.3 Å². The van der Waals surface area contributed by atoms with Crippen molar-refractivity contribution in [2.75, 3.05) is 18.4 Å². The molecule has 29 heavy (non-hydrogen) atoms. The van der Waals surface area contributed by atoms with Crippen molar-refractivity contribution in [3.05, 3.63) is 74.8 Å². The largest absolute Gasteiger partial charge is 0.383 e. The van der Waals surface area contributed by atoms with Crippen molar-refractivity contribution in [1.82, 2.24) is 14.9 Å². The Bertz CT molecular complexity index is 1090. The van der Waals surface area contributed by atoms with Gasteiger partial charge in [-0.1, -0.05) is 12.1 Å². The van der Waals surface area contributed by atoms with Gasteiger partial charge in [0, 0.05) is 50.8 Å². The van der Waals surface area contributed by atoms with Gasteiger partial charge >= 0.3 is 0 Å². The highest BCUT2D eigenvalue weighted by molar-refractivity contribution is 5.78. The summed E-state index contributed by atoms with van der Waals surface area (Å²) in [6, 6.07) is 13.2. The number of nitrogens with zero attached hydrogens (tertiary/aromatic N) is 3. The first kappa shape index (κ1) is 20.0. The lowest BCUT2D eigenvalue weighted by atomic mass is 10.2. The second-order valence-corrected chi connectivity index (χ2v) is 6.49. The number of hydrogen-bond acceptors (Lipinski definition) is 6. The monoisotopic (exact) mass is 395 g/mol. The molecule has 0 unspecified atom stereocenters. The Morgan fingerprint density at radius 2 is 1.86 bits per heavy atom. The Kier molecular flexibility index (Phi) is 6.18. The third-order valence-corrected chi connectivity index (χ3v) is 4.51. The predicted molar refractivity (Wildman–Crippen MR) is 110 cm³/mol. The summed E-state index contributed by atoms with van der Waals surface area (Å²) in [5.41, 5.74) is 1.26. The van der Waals surface area contributed by atoms with E-state index in [2.05, 4.69) is 15.6 Å². The van der Waals surface area contributed by atoms with Crippen molar-refractivity contribution in [3.63, 3.8) is 0 Å². The Hall–Kier alpha value is -3.75. The predicted octanol–water partition coefficient (Wildman–Crippen LogP) is 2.00. The van der Waals surface area contributed by atoms with Crippen LogP contribution in [0.2, 0.25) is 0 Å². The van der Waals surface area contributed by atoms with E-state index in [9.17, 15) is 19.7 Å². The number of non-ortho nitro benzene ring substituents is 1. The molecule has 0 saturated carbocycles. The summed E-state index contributed by atoms with van der Waals surface area (Å²) in [5, 5.41) is 17.1. The molecule has 9 heteroatoms. The molecule has 0 spiro atoms. The van der Waals surface area contributed by atoms with E-state index in [1.807, 2.05) is 6.07 Å². The van der Waals surface area contributed by atoms with Gasteiger partial charge in [-0.05, 0) is 24.3 Å². The average molecular weight is 395 g/mol. The third-order valence-electron chi connectivity index (χ3n) is 4.51. The number of carbonyl (C=O) groups is 1. The first-order valence-corrected chi connectivity index (χ1v) is 9.15. The number of aromatic nitrogens is 2. The number of hydrogen-bond donors (Lipinski definition) is 2. The summed E-state index contributed by atoms with van der Waals surface area (Å²) >= 11 is 0. The molecule has 1 heterocycles. The summed E-state index contributed by atoms with van der Waals surface area (Å²) in [6.07, 6.45) is 0.578. The van der Waals surface area contributed by atoms with E-state index >= 15 is 0 Å². The van der Waals surface area contributed by atoms with Gasteiger partial charge in [-0.25, -0.2) is 4.98 Å². The number of nitro benzene ring substituents is 1. The van der Waals surface area contributed by atoms with Crippen molar-refractivity contribution in [2.45, 2.75) is 12.8 Å². The van der Waals surface area contributed by atoms with Crippen LogP contribution in [-0.2, 0) is 18.3 Å². The number of anilines is 1. The van der Waals surface area contributed by atoms with Crippen molar-refractivity contribution in [1.29, 1.82) is 0 Å². The molecule has 1 amide bonds. The molecule has 0 radical (unpaired) electrons. The molecule has 3 aromatic rings. The van der Waals surface area contributed by atoms with Gasteiger partial charge < -0.3 is 10.6 Å². The van der Waals surface area contributed by atoms with Gasteiger partial charge in [0.25, 0.3) is 11.2 Å². The van der Waals surface area contributed by atoms with E-state index in [0.29, 0.717) is 36.2 Å². The molecule has 3 rings (SSSR count). The van der Waals surface area contributed by atoms with Crippen LogP contribution in [0, 0.1) is 10.1 Å². The van der Waals surface area contributed by atoms with Gasteiger partial charge in [-0.2, -0.15) is 0 Å². The standard InChI is InChI=1S/C20H21N5O4/c1-24-18(23-17-5-3-2-4-16(17)20(24)27)10-11-19(26)22-13-12-21-14-6-8-15(9-7-14)25(28)29/h2-9,21H,10-13H2,1H3,(H,22,26). The number of benzene rings is 2. The molecule has 1 aromatic heterocycles. The highest BCUT2D eigenvalue weighted by Gasteiger charge is 2.10. The average Bonchev–Trinajstić information content (AvgIpc) is 2.73. The quantitative estimate of drug-likeness (QED) is 0.342. The third kappa shape index (κ3) is 4.95. The Balaban J connectivity index is 1.47. The lowest BCUT2D eigenvalue weighted by Gasteiger charge is -2.10. The summed E-state index contributed by atoms with van der Waals surface area (Å²) in [7, 11) is 1.66. The number of nitro groups is 1. The molecule has 0 saturated heterocycles. The van der Waals surface area contributed by atoms with Crippen LogP contribution in [-0.4, -0.2) is 33.5 Å². The molecule has 0 aliphatic rings. The normalized spacial score (nSPS) is 10.7. The summed E-state index contributed by atoms with van der Waals surface area (Å²) in [6.45, 7) is 0.885. The highest BCUT2D eigenvalue weighted by atomic mass is 16.6. The molecule has 0 atom stereocenters. The van der Waals surface area contributed by atoms with Crippen molar-refractivity contribution >= 4 is 28.2 Å². The van der Waals surface area contributed by atoms with E-state index in [0.717, 1.165) is 5.69 Å². The van der Waals surface area contributed by atoms with Crippen LogP contribution in [0.25, 0.3) is 10.9 Å². The van der Waals surface area contributed by atoms with Gasteiger partial charge in [0.05, 0.1) is 15.8 Å². The number of carbonyl (C=O) groups excluding carboxylic acids is 1. The zero-order valence-corrected chi connectivity index (χ0v) is 15.9. The van der Waals surface area contributed by atoms with Crippen molar-refractivity contribution in [2.24, 2.45) is 7.05 Å². The molecule has 2 aromatic carbocycles. The second kappa shape index (κ2) is 8.96. The lowest BCUT2D eigenvalue weighted by Crippen LogP contribution is -2.30. The molecule has 0 aliphatic carbocycles. The fourth-order valence-electron chi connectivity index (χ4n) is 2.91. The molecular weight excluding hydrogens is 374 g/mol. The maximum Gasteiger partial charge on any atom is 0.269 e. The number of rotatable bonds is 8. The van der Waals surface area contributed by atoms with Gasteiger partial charge in [0.15, 0.2) is 0 Å². The minimum absolute atomic E-state index is 0.0283. The zero-order chi connectivity index (χ0) is 20.8. The molecular formula is C20H21N5O4. The number of amides is 1. The molecule has 0 bridgehead atoms. The van der Waals surface area contributed by atoms with Crippen LogP contribution in [0.1, 0.15) is 12.2 Å². The minimum atomic E-state index is -0.454. The van der Waals surface area contributed by atoms with Crippen LogP contribution >= 0.6 is 0 Å². The highest BCUT2D eigenvalue weighted by Crippen LogP contribution is 2.14. The molecule has 0 fully saturated rings. The lowest BCUT2D eigenvalue weighted by molar-refractivity contribution is -0.384. The van der Waals surface area contributed by atoms with Crippen LogP contribution in [0.15, 0.2) is 53.3 Å². The fraction of sp³-hybridized carbons (Fsp3) is 0.250. The molecule has 150 valence electrons. The summed E-state index contributed by atoms with van der Waals surface area (Å²) in [4.78, 5) is 39.1. The second-order valence-electron chi connectivity index (χ2n) is 6.49. The Morgan fingerprint density at radius 1 is 1.14 bits per heavy atom. The molecule has 2 N–H and O–H groups in total. The SMILES string of the molecule is Cn1c(CCC(=O)NCCNc2ccc([N+](=O)[O-])cc2)nc2ccccc2c1=O. The smallest absolute Gasteiger partial charge is 0.269 e. The van der Waals surface area contributed by atoms with Crippen molar-refractivity contribution < 1.29 is 9.72 Å². The number of para-hydroxylation sites is 1. The Labute approximate surface area is 166 Å². The Morgan fingerprint density at radius 3 is 2.59 bits per heavy atom. The minimum Gasteiger partial charge on any atom is -0.383 e. The van der Waals surface area contributed by atoms with Crippen LogP contribution in [0.3, 0.4) is 0 Å². The maximum atomic E-state index is 12.4. The fourth-order valence-corrected chi connectivity index (χ4v) is 2.91.